The molecule has 0 aliphatic carbocycles. The third kappa shape index (κ3) is 1.95. The highest BCUT2D eigenvalue weighted by molar-refractivity contribution is 5.50. The van der Waals surface area contributed by atoms with Gasteiger partial charge in [0.15, 0.2) is 0 Å². The van der Waals surface area contributed by atoms with Gasteiger partial charge in [0, 0.05) is 24.3 Å². The summed E-state index contributed by atoms with van der Waals surface area (Å²) in [6, 6.07) is 9.12. The van der Waals surface area contributed by atoms with Crippen molar-refractivity contribution in [1.82, 2.24) is 5.32 Å². The molecule has 0 radical (unpaired) electrons. The maximum atomic E-state index is 3.61. The molecule has 2 saturated heterocycles. The van der Waals surface area contributed by atoms with Crippen molar-refractivity contribution >= 4 is 5.69 Å². The van der Waals surface area contributed by atoms with E-state index in [0.717, 1.165) is 0 Å². The monoisotopic (exact) mass is 230 g/mol. The zero-order chi connectivity index (χ0) is 11.9. The molecule has 2 nitrogen and oxygen atoms in total. The van der Waals surface area contributed by atoms with Crippen LogP contribution in [0.5, 0.6) is 0 Å². The Kier molecular flexibility index (Phi) is 2.62. The first-order valence-corrected chi connectivity index (χ1v) is 6.79. The highest BCUT2D eigenvalue weighted by Gasteiger charge is 2.42. The van der Waals surface area contributed by atoms with Crippen LogP contribution in [0.3, 0.4) is 0 Å². The number of anilines is 1. The molecule has 1 spiro atoms. The lowest BCUT2D eigenvalue weighted by Crippen LogP contribution is -2.58. The van der Waals surface area contributed by atoms with Crippen LogP contribution in [0.15, 0.2) is 24.3 Å². The molecule has 0 aromatic heterocycles. The van der Waals surface area contributed by atoms with Crippen molar-refractivity contribution in [2.24, 2.45) is 0 Å². The molecular weight excluding hydrogens is 208 g/mol. The molecule has 0 amide bonds. The molecule has 2 aliphatic heterocycles. The maximum absolute atomic E-state index is 3.61. The molecule has 2 aliphatic rings. The van der Waals surface area contributed by atoms with Crippen molar-refractivity contribution in [1.29, 1.82) is 0 Å². The van der Waals surface area contributed by atoms with Gasteiger partial charge in [-0.15, -0.1) is 0 Å². The second-order valence-corrected chi connectivity index (χ2v) is 5.87. The Balaban J connectivity index is 1.72. The second kappa shape index (κ2) is 4.02. The van der Waals surface area contributed by atoms with Crippen LogP contribution in [0.4, 0.5) is 5.69 Å². The van der Waals surface area contributed by atoms with E-state index in [2.05, 4.69) is 48.3 Å². The smallest absolute Gasteiger partial charge is 0.0386 e. The molecule has 1 N–H and O–H groups in total. The first kappa shape index (κ1) is 11.1. The average Bonchev–Trinajstić information content (AvgIpc) is 2.74. The number of rotatable bonds is 2. The van der Waals surface area contributed by atoms with E-state index in [9.17, 15) is 0 Å². The zero-order valence-electron chi connectivity index (χ0n) is 10.9. The van der Waals surface area contributed by atoms with E-state index in [1.54, 1.807) is 0 Å². The van der Waals surface area contributed by atoms with Gasteiger partial charge in [0.1, 0.15) is 0 Å². The van der Waals surface area contributed by atoms with Gasteiger partial charge >= 0.3 is 0 Å². The molecule has 1 aromatic carbocycles. The zero-order valence-corrected chi connectivity index (χ0v) is 10.9. The predicted molar refractivity (Wildman–Crippen MR) is 72.7 cm³/mol. The van der Waals surface area contributed by atoms with Crippen LogP contribution in [0.1, 0.15) is 38.2 Å². The summed E-state index contributed by atoms with van der Waals surface area (Å²) in [6.07, 6.45) is 2.66. The van der Waals surface area contributed by atoms with E-state index < -0.39 is 0 Å². The average molecular weight is 230 g/mol. The van der Waals surface area contributed by atoms with E-state index in [0.29, 0.717) is 11.5 Å². The highest BCUT2D eigenvalue weighted by atomic mass is 15.2. The number of nitrogens with one attached hydrogen (secondary N) is 1. The first-order valence-electron chi connectivity index (χ1n) is 6.79. The van der Waals surface area contributed by atoms with Crippen LogP contribution in [-0.4, -0.2) is 25.2 Å². The van der Waals surface area contributed by atoms with Crippen LogP contribution >= 0.6 is 0 Å². The normalized spacial score (nSPS) is 27.8. The van der Waals surface area contributed by atoms with Gasteiger partial charge < -0.3 is 10.2 Å². The Morgan fingerprint density at radius 2 is 1.88 bits per heavy atom. The number of benzene rings is 1. The van der Waals surface area contributed by atoms with Gasteiger partial charge in [-0.25, -0.2) is 0 Å². The molecule has 2 heterocycles. The minimum atomic E-state index is 0.455. The predicted octanol–water partition coefficient (Wildman–Crippen LogP) is 2.75. The van der Waals surface area contributed by atoms with Gasteiger partial charge in [0.2, 0.25) is 0 Å². The standard InChI is InChI=1S/C15H22N2/c1-12(2)13-3-5-14(6-4-13)17-10-8-15(11-17)7-9-16-15/h3-6,12,16H,7-11H2,1-2H3. The van der Waals surface area contributed by atoms with E-state index in [1.165, 1.54) is 43.7 Å². The maximum Gasteiger partial charge on any atom is 0.0386 e. The van der Waals surface area contributed by atoms with Crippen molar-refractivity contribution in [2.45, 2.75) is 38.1 Å². The highest BCUT2D eigenvalue weighted by Crippen LogP contribution is 2.33. The van der Waals surface area contributed by atoms with E-state index in [4.69, 9.17) is 0 Å². The molecular formula is C15H22N2. The fourth-order valence-electron chi connectivity index (χ4n) is 2.99. The van der Waals surface area contributed by atoms with Crippen molar-refractivity contribution < 1.29 is 0 Å². The van der Waals surface area contributed by atoms with Gasteiger partial charge in [0.25, 0.3) is 0 Å². The summed E-state index contributed by atoms with van der Waals surface area (Å²) in [5, 5.41) is 3.61. The summed E-state index contributed by atoms with van der Waals surface area (Å²) in [6.45, 7) is 8.10. The molecule has 1 unspecified atom stereocenters. The molecule has 2 heteroatoms. The van der Waals surface area contributed by atoms with Crippen LogP contribution in [-0.2, 0) is 0 Å². The van der Waals surface area contributed by atoms with Gasteiger partial charge in [-0.05, 0) is 43.0 Å². The van der Waals surface area contributed by atoms with E-state index >= 15 is 0 Å². The quantitative estimate of drug-likeness (QED) is 0.840. The summed E-state index contributed by atoms with van der Waals surface area (Å²) >= 11 is 0. The van der Waals surface area contributed by atoms with Gasteiger partial charge in [-0.2, -0.15) is 0 Å². The van der Waals surface area contributed by atoms with Crippen molar-refractivity contribution in [3.8, 4) is 0 Å². The lowest BCUT2D eigenvalue weighted by Gasteiger charge is -2.40. The Bertz CT molecular complexity index is 390. The molecule has 3 rings (SSSR count). The fraction of sp³-hybridized carbons (Fsp3) is 0.600. The van der Waals surface area contributed by atoms with E-state index in [-0.39, 0.29) is 0 Å². The van der Waals surface area contributed by atoms with Gasteiger partial charge in [0.05, 0.1) is 0 Å². The number of hydrogen-bond acceptors (Lipinski definition) is 2. The second-order valence-electron chi connectivity index (χ2n) is 5.87. The van der Waals surface area contributed by atoms with Crippen LogP contribution in [0.2, 0.25) is 0 Å². The van der Waals surface area contributed by atoms with Crippen LogP contribution in [0, 0.1) is 0 Å². The molecule has 1 aromatic rings. The van der Waals surface area contributed by atoms with Crippen LogP contribution < -0.4 is 10.2 Å². The van der Waals surface area contributed by atoms with Crippen molar-refractivity contribution in [3.05, 3.63) is 29.8 Å². The van der Waals surface area contributed by atoms with Crippen molar-refractivity contribution in [2.75, 3.05) is 24.5 Å². The summed E-state index contributed by atoms with van der Waals surface area (Å²) in [7, 11) is 0. The molecule has 92 valence electrons. The first-order chi connectivity index (χ1) is 8.19. The van der Waals surface area contributed by atoms with Crippen LogP contribution in [0.25, 0.3) is 0 Å². The SMILES string of the molecule is CC(C)c1ccc(N2CCC3(CCN3)C2)cc1. The fourth-order valence-corrected chi connectivity index (χ4v) is 2.99. The lowest BCUT2D eigenvalue weighted by molar-refractivity contribution is 0.235. The summed E-state index contributed by atoms with van der Waals surface area (Å²) in [5.74, 6) is 0.627. The lowest BCUT2D eigenvalue weighted by atomic mass is 9.87. The Hall–Kier alpha value is -1.02. The Labute approximate surface area is 104 Å². The number of nitrogens with zero attached hydrogens (tertiary/aromatic N) is 1. The molecule has 1 atom stereocenters. The molecule has 0 bridgehead atoms. The largest absolute Gasteiger partial charge is 0.370 e. The van der Waals surface area contributed by atoms with Gasteiger partial charge in [-0.3, -0.25) is 0 Å². The molecule has 17 heavy (non-hydrogen) atoms. The summed E-state index contributed by atoms with van der Waals surface area (Å²) < 4.78 is 0. The molecule has 0 saturated carbocycles. The topological polar surface area (TPSA) is 15.3 Å². The van der Waals surface area contributed by atoms with Gasteiger partial charge in [-0.1, -0.05) is 26.0 Å². The molecule has 2 fully saturated rings. The third-order valence-corrected chi connectivity index (χ3v) is 4.38. The number of hydrogen-bond donors (Lipinski definition) is 1. The summed E-state index contributed by atoms with van der Waals surface area (Å²) in [4.78, 5) is 2.52. The minimum Gasteiger partial charge on any atom is -0.370 e. The third-order valence-electron chi connectivity index (χ3n) is 4.38. The van der Waals surface area contributed by atoms with E-state index in [1.807, 2.05) is 0 Å². The minimum absolute atomic E-state index is 0.455. The summed E-state index contributed by atoms with van der Waals surface area (Å²) in [5.41, 5.74) is 3.28. The van der Waals surface area contributed by atoms with Crippen molar-refractivity contribution in [3.63, 3.8) is 0 Å². The Morgan fingerprint density at radius 1 is 1.18 bits per heavy atom. The Morgan fingerprint density at radius 3 is 2.35 bits per heavy atom.